The summed E-state index contributed by atoms with van der Waals surface area (Å²) < 4.78 is 5.80. The van der Waals surface area contributed by atoms with Crippen molar-refractivity contribution in [3.63, 3.8) is 0 Å². The number of rotatable bonds is 5. The molecule has 0 radical (unpaired) electrons. The van der Waals surface area contributed by atoms with Crippen LogP contribution in [0.1, 0.15) is 16.8 Å². The van der Waals surface area contributed by atoms with Crippen LogP contribution in [-0.4, -0.2) is 29.1 Å². The summed E-state index contributed by atoms with van der Waals surface area (Å²) in [5.41, 5.74) is 1.77. The summed E-state index contributed by atoms with van der Waals surface area (Å²) in [6.45, 7) is 2.47. The van der Waals surface area contributed by atoms with E-state index in [2.05, 4.69) is 4.98 Å². The lowest BCUT2D eigenvalue weighted by molar-refractivity contribution is -0.132. The summed E-state index contributed by atoms with van der Waals surface area (Å²) in [6, 6.07) is 22.2. The number of para-hydroxylation sites is 2. The zero-order valence-corrected chi connectivity index (χ0v) is 17.7. The van der Waals surface area contributed by atoms with Crippen LogP contribution in [0.3, 0.4) is 0 Å². The summed E-state index contributed by atoms with van der Waals surface area (Å²) >= 11 is 5.92. The molecule has 5 rings (SSSR count). The molecule has 31 heavy (non-hydrogen) atoms. The highest BCUT2D eigenvalue weighted by Crippen LogP contribution is 2.47. The molecular formula is C25H21ClN2O3. The number of aliphatic hydroxyl groups is 1. The standard InChI is InChI=1S/C25H21ClN2O3/c1-16-23(19-6-2-4-8-21(19)27-16)25(30)20-7-3-5-9-22(20)28(24(25)29)14-15-31-18-12-10-17(26)11-13-18/h2-13,27,30H,14-15H2,1H3/t25-/m1/s1. The van der Waals surface area contributed by atoms with Crippen molar-refractivity contribution >= 4 is 34.1 Å². The van der Waals surface area contributed by atoms with Crippen LogP contribution in [-0.2, 0) is 10.4 Å². The molecule has 0 aliphatic carbocycles. The SMILES string of the molecule is Cc1[nH]c2ccccc2c1[C@@]1(O)C(=O)N(CCOc2ccc(Cl)cc2)c2ccccc21. The van der Waals surface area contributed by atoms with Crippen LogP contribution in [0, 0.1) is 6.92 Å². The number of ether oxygens (including phenoxy) is 1. The van der Waals surface area contributed by atoms with Crippen molar-refractivity contribution in [2.45, 2.75) is 12.5 Å². The Morgan fingerprint density at radius 3 is 2.55 bits per heavy atom. The van der Waals surface area contributed by atoms with Gasteiger partial charge >= 0.3 is 0 Å². The van der Waals surface area contributed by atoms with E-state index in [1.165, 1.54) is 0 Å². The molecule has 5 nitrogen and oxygen atoms in total. The fourth-order valence-corrected chi connectivity index (χ4v) is 4.55. The smallest absolute Gasteiger partial charge is 0.268 e. The van der Waals surface area contributed by atoms with Gasteiger partial charge in [0.05, 0.1) is 12.2 Å². The van der Waals surface area contributed by atoms with Crippen molar-refractivity contribution < 1.29 is 14.6 Å². The van der Waals surface area contributed by atoms with E-state index in [0.717, 1.165) is 16.6 Å². The lowest BCUT2D eigenvalue weighted by Crippen LogP contribution is -2.43. The second-order valence-corrected chi connectivity index (χ2v) is 8.09. The largest absolute Gasteiger partial charge is 0.492 e. The first kappa shape index (κ1) is 19.7. The molecule has 3 aromatic carbocycles. The van der Waals surface area contributed by atoms with E-state index in [-0.39, 0.29) is 12.5 Å². The molecule has 0 spiro atoms. The molecule has 6 heteroatoms. The highest BCUT2D eigenvalue weighted by Gasteiger charge is 2.52. The number of amides is 1. The van der Waals surface area contributed by atoms with Crippen LogP contribution in [0.15, 0.2) is 72.8 Å². The molecule has 0 unspecified atom stereocenters. The van der Waals surface area contributed by atoms with Gasteiger partial charge in [0.15, 0.2) is 5.60 Å². The molecule has 4 aromatic rings. The van der Waals surface area contributed by atoms with E-state index in [4.69, 9.17) is 16.3 Å². The van der Waals surface area contributed by atoms with Crippen LogP contribution < -0.4 is 9.64 Å². The number of benzene rings is 3. The number of hydrogen-bond acceptors (Lipinski definition) is 3. The Balaban J connectivity index is 1.51. The van der Waals surface area contributed by atoms with Gasteiger partial charge in [-0.2, -0.15) is 0 Å². The number of carbonyl (C=O) groups excluding carboxylic acids is 1. The average molecular weight is 433 g/mol. The number of hydrogen-bond donors (Lipinski definition) is 2. The summed E-state index contributed by atoms with van der Waals surface area (Å²) in [7, 11) is 0. The first-order valence-corrected chi connectivity index (χ1v) is 10.5. The number of fused-ring (bicyclic) bond motifs is 2. The zero-order chi connectivity index (χ0) is 21.6. The Hall–Kier alpha value is -3.28. The van der Waals surface area contributed by atoms with Crippen LogP contribution in [0.2, 0.25) is 5.02 Å². The van der Waals surface area contributed by atoms with Gasteiger partial charge in [-0.1, -0.05) is 48.0 Å². The Morgan fingerprint density at radius 2 is 1.74 bits per heavy atom. The molecule has 1 aromatic heterocycles. The number of aromatic amines is 1. The first-order valence-electron chi connectivity index (χ1n) is 10.1. The highest BCUT2D eigenvalue weighted by atomic mass is 35.5. The number of halogens is 1. The van der Waals surface area contributed by atoms with Gasteiger partial charge in [0, 0.05) is 32.7 Å². The second kappa shape index (κ2) is 7.45. The number of carbonyl (C=O) groups is 1. The maximum atomic E-state index is 13.7. The van der Waals surface area contributed by atoms with Gasteiger partial charge in [-0.05, 0) is 43.3 Å². The third-order valence-corrected chi connectivity index (χ3v) is 6.04. The molecular weight excluding hydrogens is 412 g/mol. The summed E-state index contributed by atoms with van der Waals surface area (Å²) in [4.78, 5) is 18.6. The van der Waals surface area contributed by atoms with Gasteiger partial charge in [-0.3, -0.25) is 4.79 Å². The van der Waals surface area contributed by atoms with E-state index in [9.17, 15) is 9.90 Å². The molecule has 2 N–H and O–H groups in total. The first-order chi connectivity index (χ1) is 15.0. The van der Waals surface area contributed by atoms with E-state index in [1.807, 2.05) is 55.5 Å². The second-order valence-electron chi connectivity index (χ2n) is 7.66. The molecule has 1 aliphatic rings. The van der Waals surface area contributed by atoms with Crippen molar-refractivity contribution in [3.05, 3.63) is 94.6 Å². The minimum atomic E-state index is -1.76. The van der Waals surface area contributed by atoms with E-state index in [0.29, 0.717) is 34.1 Å². The van der Waals surface area contributed by atoms with Crippen LogP contribution in [0.5, 0.6) is 5.75 Å². The van der Waals surface area contributed by atoms with Gasteiger partial charge < -0.3 is 19.7 Å². The number of nitrogens with zero attached hydrogens (tertiary/aromatic N) is 1. The van der Waals surface area contributed by atoms with Crippen LogP contribution in [0.25, 0.3) is 10.9 Å². The Labute approximate surface area is 184 Å². The molecule has 156 valence electrons. The van der Waals surface area contributed by atoms with Crippen LogP contribution >= 0.6 is 11.6 Å². The lowest BCUT2D eigenvalue weighted by atomic mass is 9.85. The molecule has 0 fully saturated rings. The monoisotopic (exact) mass is 432 g/mol. The van der Waals surface area contributed by atoms with Crippen molar-refractivity contribution in [1.82, 2.24) is 4.98 Å². The third kappa shape index (κ3) is 3.09. The summed E-state index contributed by atoms with van der Waals surface area (Å²) in [5, 5.41) is 13.4. The maximum absolute atomic E-state index is 13.7. The third-order valence-electron chi connectivity index (χ3n) is 5.79. The van der Waals surface area contributed by atoms with Crippen molar-refractivity contribution in [2.75, 3.05) is 18.1 Å². The van der Waals surface area contributed by atoms with Gasteiger partial charge in [-0.25, -0.2) is 0 Å². The molecule has 2 heterocycles. The molecule has 0 saturated heterocycles. The van der Waals surface area contributed by atoms with Gasteiger partial charge in [0.25, 0.3) is 5.91 Å². The Morgan fingerprint density at radius 1 is 1.03 bits per heavy atom. The minimum absolute atomic E-state index is 0.282. The number of nitrogens with one attached hydrogen (secondary N) is 1. The molecule has 1 aliphatic heterocycles. The van der Waals surface area contributed by atoms with Gasteiger partial charge in [0.2, 0.25) is 0 Å². The summed E-state index contributed by atoms with van der Waals surface area (Å²) in [6.07, 6.45) is 0. The van der Waals surface area contributed by atoms with E-state index in [1.54, 1.807) is 29.2 Å². The lowest BCUT2D eigenvalue weighted by Gasteiger charge is -2.24. The van der Waals surface area contributed by atoms with Gasteiger partial charge in [0.1, 0.15) is 12.4 Å². The van der Waals surface area contributed by atoms with Crippen LogP contribution in [0.4, 0.5) is 5.69 Å². The molecule has 1 atom stereocenters. The Kier molecular flexibility index (Phi) is 4.73. The van der Waals surface area contributed by atoms with Crippen molar-refractivity contribution in [3.8, 4) is 5.75 Å². The van der Waals surface area contributed by atoms with E-state index < -0.39 is 5.60 Å². The topological polar surface area (TPSA) is 65.6 Å². The van der Waals surface area contributed by atoms with Crippen molar-refractivity contribution in [2.24, 2.45) is 0 Å². The predicted octanol–water partition coefficient (Wildman–Crippen LogP) is 4.79. The fraction of sp³-hybridized carbons (Fsp3) is 0.160. The minimum Gasteiger partial charge on any atom is -0.492 e. The fourth-order valence-electron chi connectivity index (χ4n) is 4.43. The average Bonchev–Trinajstić information content (AvgIpc) is 3.22. The Bertz CT molecular complexity index is 1280. The molecule has 1 amide bonds. The van der Waals surface area contributed by atoms with E-state index >= 15 is 0 Å². The molecule has 0 saturated carbocycles. The molecule has 0 bridgehead atoms. The quantitative estimate of drug-likeness (QED) is 0.476. The number of H-pyrrole nitrogens is 1. The zero-order valence-electron chi connectivity index (χ0n) is 16.9. The van der Waals surface area contributed by atoms with Gasteiger partial charge in [-0.15, -0.1) is 0 Å². The normalized spacial score (nSPS) is 17.9. The highest BCUT2D eigenvalue weighted by molar-refractivity contribution is 6.30. The maximum Gasteiger partial charge on any atom is 0.268 e. The number of aryl methyl sites for hydroxylation is 1. The predicted molar refractivity (Wildman–Crippen MR) is 122 cm³/mol. The van der Waals surface area contributed by atoms with Crippen molar-refractivity contribution in [1.29, 1.82) is 0 Å². The summed E-state index contributed by atoms with van der Waals surface area (Å²) in [5.74, 6) is 0.299. The number of anilines is 1. The number of aromatic nitrogens is 1.